The maximum Gasteiger partial charge on any atom is 0.325 e. The molecule has 0 aliphatic carbocycles. The number of halogens is 1. The van der Waals surface area contributed by atoms with Crippen LogP contribution in [-0.4, -0.2) is 40.8 Å². The first-order valence-electron chi connectivity index (χ1n) is 5.91. The van der Waals surface area contributed by atoms with Crippen LogP contribution in [0.15, 0.2) is 0 Å². The first-order chi connectivity index (χ1) is 7.81. The van der Waals surface area contributed by atoms with Gasteiger partial charge in [-0.3, -0.25) is 9.59 Å². The van der Waals surface area contributed by atoms with Crippen LogP contribution >= 0.6 is 15.9 Å². The third-order valence-electron chi connectivity index (χ3n) is 2.33. The number of hydrogen-bond donors (Lipinski definition) is 0. The molecule has 0 rings (SSSR count). The Kier molecular flexibility index (Phi) is 7.43. The lowest BCUT2D eigenvalue weighted by Gasteiger charge is -2.29. The molecule has 0 saturated heterocycles. The number of carbonyl (C=O) groups is 2. The summed E-state index contributed by atoms with van der Waals surface area (Å²) in [5.41, 5.74) is 0. The molecule has 0 aromatic rings. The van der Waals surface area contributed by atoms with Crippen molar-refractivity contribution in [3.8, 4) is 0 Å². The van der Waals surface area contributed by atoms with Gasteiger partial charge in [-0.1, -0.05) is 29.8 Å². The highest BCUT2D eigenvalue weighted by Crippen LogP contribution is 2.16. The largest absolute Gasteiger partial charge is 0.465 e. The van der Waals surface area contributed by atoms with Crippen molar-refractivity contribution in [2.45, 2.75) is 45.5 Å². The van der Waals surface area contributed by atoms with E-state index in [2.05, 4.69) is 15.9 Å². The SMILES string of the molecule is CCOC(=O)CN(C(=O)C(Br)C(C)C)C(C)C. The average Bonchev–Trinajstić information content (AvgIpc) is 2.23. The van der Waals surface area contributed by atoms with E-state index >= 15 is 0 Å². The third-order valence-corrected chi connectivity index (χ3v) is 3.78. The molecule has 0 saturated carbocycles. The van der Waals surface area contributed by atoms with E-state index in [1.165, 1.54) is 4.90 Å². The molecule has 0 heterocycles. The van der Waals surface area contributed by atoms with Crippen molar-refractivity contribution < 1.29 is 14.3 Å². The van der Waals surface area contributed by atoms with Crippen LogP contribution in [0.2, 0.25) is 0 Å². The number of carbonyl (C=O) groups excluding carboxylic acids is 2. The molecule has 0 aliphatic heterocycles. The van der Waals surface area contributed by atoms with E-state index in [0.717, 1.165) is 0 Å². The zero-order valence-corrected chi connectivity index (χ0v) is 12.8. The minimum atomic E-state index is -0.363. The van der Waals surface area contributed by atoms with Gasteiger partial charge in [-0.25, -0.2) is 0 Å². The topological polar surface area (TPSA) is 46.6 Å². The summed E-state index contributed by atoms with van der Waals surface area (Å²) in [5.74, 6) is -0.244. The first kappa shape index (κ1) is 16.4. The molecular weight excluding hydrogens is 286 g/mol. The molecule has 0 spiro atoms. The summed E-state index contributed by atoms with van der Waals surface area (Å²) in [6, 6.07) is -0.0225. The summed E-state index contributed by atoms with van der Waals surface area (Å²) >= 11 is 3.36. The summed E-state index contributed by atoms with van der Waals surface area (Å²) in [4.78, 5) is 24.8. The zero-order valence-electron chi connectivity index (χ0n) is 11.2. The molecule has 1 amide bonds. The Balaban J connectivity index is 4.63. The van der Waals surface area contributed by atoms with Gasteiger partial charge in [0.15, 0.2) is 0 Å². The van der Waals surface area contributed by atoms with Crippen LogP contribution < -0.4 is 0 Å². The van der Waals surface area contributed by atoms with E-state index in [0.29, 0.717) is 6.61 Å². The minimum absolute atomic E-state index is 0.0131. The van der Waals surface area contributed by atoms with Crippen LogP contribution in [0.1, 0.15) is 34.6 Å². The highest BCUT2D eigenvalue weighted by molar-refractivity contribution is 9.10. The van der Waals surface area contributed by atoms with Crippen molar-refractivity contribution in [1.29, 1.82) is 0 Å². The van der Waals surface area contributed by atoms with E-state index in [1.54, 1.807) is 6.92 Å². The Labute approximate surface area is 112 Å². The molecule has 0 bridgehead atoms. The molecule has 4 nitrogen and oxygen atoms in total. The van der Waals surface area contributed by atoms with Crippen LogP contribution in [-0.2, 0) is 14.3 Å². The highest BCUT2D eigenvalue weighted by Gasteiger charge is 2.28. The lowest BCUT2D eigenvalue weighted by atomic mass is 10.1. The predicted octanol–water partition coefficient (Wildman–Crippen LogP) is 2.21. The Bertz CT molecular complexity index is 266. The smallest absolute Gasteiger partial charge is 0.325 e. The van der Waals surface area contributed by atoms with Gasteiger partial charge in [0.25, 0.3) is 0 Å². The monoisotopic (exact) mass is 307 g/mol. The summed E-state index contributed by atoms with van der Waals surface area (Å²) < 4.78 is 4.86. The summed E-state index contributed by atoms with van der Waals surface area (Å²) in [6.07, 6.45) is 0. The Hall–Kier alpha value is -0.580. The quantitative estimate of drug-likeness (QED) is 0.558. The van der Waals surface area contributed by atoms with Crippen LogP contribution in [0.25, 0.3) is 0 Å². The Morgan fingerprint density at radius 1 is 1.24 bits per heavy atom. The second-order valence-electron chi connectivity index (χ2n) is 4.51. The van der Waals surface area contributed by atoms with Crippen LogP contribution in [0.3, 0.4) is 0 Å². The number of hydrogen-bond acceptors (Lipinski definition) is 3. The van der Waals surface area contributed by atoms with Gasteiger partial charge < -0.3 is 9.64 Å². The maximum atomic E-state index is 12.1. The second-order valence-corrected chi connectivity index (χ2v) is 5.50. The molecule has 0 aliphatic rings. The molecule has 0 aromatic carbocycles. The van der Waals surface area contributed by atoms with Gasteiger partial charge in [-0.05, 0) is 26.7 Å². The normalized spacial score (nSPS) is 12.7. The molecule has 0 N–H and O–H groups in total. The first-order valence-corrected chi connectivity index (χ1v) is 6.83. The van der Waals surface area contributed by atoms with Gasteiger partial charge in [0.1, 0.15) is 6.54 Å². The van der Waals surface area contributed by atoms with Gasteiger partial charge in [0.2, 0.25) is 5.91 Å². The molecule has 1 atom stereocenters. The standard InChI is InChI=1S/C12H22BrNO3/c1-6-17-10(15)7-14(9(4)5)12(16)11(13)8(2)3/h8-9,11H,6-7H2,1-5H3. The van der Waals surface area contributed by atoms with Gasteiger partial charge in [-0.2, -0.15) is 0 Å². The Morgan fingerprint density at radius 2 is 1.76 bits per heavy atom. The fourth-order valence-electron chi connectivity index (χ4n) is 1.30. The molecule has 1 unspecified atom stereocenters. The number of alkyl halides is 1. The van der Waals surface area contributed by atoms with Crippen molar-refractivity contribution in [3.63, 3.8) is 0 Å². The zero-order chi connectivity index (χ0) is 13.6. The minimum Gasteiger partial charge on any atom is -0.465 e. The van der Waals surface area contributed by atoms with E-state index in [4.69, 9.17) is 4.74 Å². The van der Waals surface area contributed by atoms with Crippen LogP contribution in [0.5, 0.6) is 0 Å². The van der Waals surface area contributed by atoms with Gasteiger partial charge in [0.05, 0.1) is 11.4 Å². The highest BCUT2D eigenvalue weighted by atomic mass is 79.9. The van der Waals surface area contributed by atoms with Gasteiger partial charge in [-0.15, -0.1) is 0 Å². The van der Waals surface area contributed by atoms with Gasteiger partial charge in [0, 0.05) is 6.04 Å². The molecule has 100 valence electrons. The average molecular weight is 308 g/mol. The fourth-order valence-corrected chi connectivity index (χ4v) is 1.57. The molecular formula is C12H22BrNO3. The van der Waals surface area contributed by atoms with Crippen molar-refractivity contribution in [1.82, 2.24) is 4.90 Å². The molecule has 17 heavy (non-hydrogen) atoms. The number of nitrogens with zero attached hydrogens (tertiary/aromatic N) is 1. The number of rotatable bonds is 6. The van der Waals surface area contributed by atoms with Crippen molar-refractivity contribution in [3.05, 3.63) is 0 Å². The number of amides is 1. The second kappa shape index (κ2) is 7.69. The maximum absolute atomic E-state index is 12.1. The van der Waals surface area contributed by atoms with Crippen LogP contribution in [0, 0.1) is 5.92 Å². The van der Waals surface area contributed by atoms with Crippen molar-refractivity contribution in [2.75, 3.05) is 13.2 Å². The van der Waals surface area contributed by atoms with E-state index in [9.17, 15) is 9.59 Å². The van der Waals surface area contributed by atoms with Gasteiger partial charge >= 0.3 is 5.97 Å². The van der Waals surface area contributed by atoms with Crippen molar-refractivity contribution in [2.24, 2.45) is 5.92 Å². The lowest BCUT2D eigenvalue weighted by molar-refractivity contribution is -0.150. The number of esters is 1. The van der Waals surface area contributed by atoms with Crippen LogP contribution in [0.4, 0.5) is 0 Å². The molecule has 0 radical (unpaired) electrons. The fraction of sp³-hybridized carbons (Fsp3) is 0.833. The summed E-state index contributed by atoms with van der Waals surface area (Å²) in [7, 11) is 0. The predicted molar refractivity (Wildman–Crippen MR) is 71.0 cm³/mol. The summed E-state index contributed by atoms with van der Waals surface area (Å²) in [5, 5.41) is 0. The van der Waals surface area contributed by atoms with E-state index in [-0.39, 0.29) is 35.2 Å². The Morgan fingerprint density at radius 3 is 2.12 bits per heavy atom. The molecule has 5 heteroatoms. The van der Waals surface area contributed by atoms with E-state index in [1.807, 2.05) is 27.7 Å². The lowest BCUT2D eigenvalue weighted by Crippen LogP contribution is -2.46. The molecule has 0 aromatic heterocycles. The van der Waals surface area contributed by atoms with E-state index < -0.39 is 0 Å². The number of ether oxygens (including phenoxy) is 1. The molecule has 0 fully saturated rings. The summed E-state index contributed by atoms with van der Waals surface area (Å²) in [6.45, 7) is 9.79. The third kappa shape index (κ3) is 5.52. The van der Waals surface area contributed by atoms with Crippen molar-refractivity contribution >= 4 is 27.8 Å².